The first-order valence-corrected chi connectivity index (χ1v) is 10.5. The van der Waals surface area contributed by atoms with Crippen LogP contribution in [0.2, 0.25) is 0 Å². The number of fused-ring (bicyclic) bond motifs is 5. The molecule has 0 bridgehead atoms. The molecule has 0 spiro atoms. The second-order valence-electron chi connectivity index (χ2n) is 10.4. The third kappa shape index (κ3) is 2.33. The maximum Gasteiger partial charge on any atom is 0.106 e. The molecule has 5 heteroatoms. The Morgan fingerprint density at radius 3 is 2.46 bits per heavy atom. The summed E-state index contributed by atoms with van der Waals surface area (Å²) in [7, 11) is 0. The van der Waals surface area contributed by atoms with E-state index in [4.69, 9.17) is 0 Å². The topological polar surface area (TPSA) is 101 Å². The normalized spacial score (nSPS) is 57.8. The van der Waals surface area contributed by atoms with E-state index >= 15 is 0 Å². The molecule has 5 nitrogen and oxygen atoms in total. The molecule has 26 heavy (non-hydrogen) atoms. The van der Waals surface area contributed by atoms with E-state index in [0.717, 1.165) is 38.5 Å². The SMILES string of the molecule is C[C@]12CC[C@H](O)C[C@@H]1CC[C@@H]1[C@@H]2[C@@H](O)C[C@@]2(C)[C@H]1CC[C@]2(O)C(O)CO. The minimum absolute atomic E-state index is 0.0548. The molecule has 0 aliphatic heterocycles. The van der Waals surface area contributed by atoms with Gasteiger partial charge in [-0.1, -0.05) is 13.8 Å². The van der Waals surface area contributed by atoms with Crippen LogP contribution in [0.4, 0.5) is 0 Å². The molecule has 0 aromatic carbocycles. The van der Waals surface area contributed by atoms with Crippen molar-refractivity contribution in [1.82, 2.24) is 0 Å². The Hall–Kier alpha value is -0.200. The first kappa shape index (κ1) is 19.1. The first-order chi connectivity index (χ1) is 12.2. The van der Waals surface area contributed by atoms with Gasteiger partial charge in [-0.25, -0.2) is 0 Å². The predicted molar refractivity (Wildman–Crippen MR) is 97.2 cm³/mol. The van der Waals surface area contributed by atoms with Gasteiger partial charge in [0.1, 0.15) is 6.10 Å². The van der Waals surface area contributed by atoms with Gasteiger partial charge in [0.25, 0.3) is 0 Å². The minimum Gasteiger partial charge on any atom is -0.394 e. The molecule has 5 N–H and O–H groups in total. The lowest BCUT2D eigenvalue weighted by Crippen LogP contribution is -2.64. The van der Waals surface area contributed by atoms with Crippen LogP contribution in [0.25, 0.3) is 0 Å². The molecule has 4 aliphatic carbocycles. The van der Waals surface area contributed by atoms with Gasteiger partial charge in [-0.3, -0.25) is 0 Å². The van der Waals surface area contributed by atoms with Crippen molar-refractivity contribution in [2.75, 3.05) is 6.61 Å². The molecule has 0 aromatic heterocycles. The van der Waals surface area contributed by atoms with Crippen molar-refractivity contribution < 1.29 is 25.5 Å². The van der Waals surface area contributed by atoms with Crippen LogP contribution < -0.4 is 0 Å². The van der Waals surface area contributed by atoms with Crippen LogP contribution in [0, 0.1) is 34.5 Å². The van der Waals surface area contributed by atoms with Gasteiger partial charge in [-0.05, 0) is 80.5 Å². The average molecular weight is 369 g/mol. The van der Waals surface area contributed by atoms with Gasteiger partial charge in [0, 0.05) is 5.41 Å². The Labute approximate surface area is 156 Å². The van der Waals surface area contributed by atoms with Crippen LogP contribution in [-0.2, 0) is 0 Å². The third-order valence-electron chi connectivity index (χ3n) is 9.51. The van der Waals surface area contributed by atoms with Gasteiger partial charge in [-0.15, -0.1) is 0 Å². The zero-order chi connectivity index (χ0) is 18.9. The Kier molecular flexibility index (Phi) is 4.52. The molecule has 0 amide bonds. The van der Waals surface area contributed by atoms with Crippen molar-refractivity contribution in [3.8, 4) is 0 Å². The zero-order valence-electron chi connectivity index (χ0n) is 16.1. The fraction of sp³-hybridized carbons (Fsp3) is 1.00. The second-order valence-corrected chi connectivity index (χ2v) is 10.4. The molecule has 0 aromatic rings. The highest BCUT2D eigenvalue weighted by Crippen LogP contribution is 2.68. The van der Waals surface area contributed by atoms with Gasteiger partial charge < -0.3 is 25.5 Å². The maximum absolute atomic E-state index is 11.3. The number of rotatable bonds is 2. The minimum atomic E-state index is -1.32. The van der Waals surface area contributed by atoms with Gasteiger partial charge >= 0.3 is 0 Å². The largest absolute Gasteiger partial charge is 0.394 e. The fourth-order valence-corrected chi connectivity index (χ4v) is 8.10. The second kappa shape index (κ2) is 6.15. The molecule has 4 rings (SSSR count). The highest BCUT2D eigenvalue weighted by Gasteiger charge is 2.68. The summed E-state index contributed by atoms with van der Waals surface area (Å²) in [6.07, 6.45) is 4.70. The van der Waals surface area contributed by atoms with E-state index in [1.807, 2.05) is 6.92 Å². The standard InChI is InChI=1S/C21H36O5/c1-19-7-5-13(23)9-12(19)3-4-14-15-6-8-21(26,17(25)11-22)20(15,2)10-16(24)18(14)19/h12-18,22-26H,3-11H2,1-2H3/t12-,13-,14-,15-,16-,17?,18+,19-,20-,21-/m0/s1. The molecule has 150 valence electrons. The third-order valence-corrected chi connectivity index (χ3v) is 9.51. The van der Waals surface area contributed by atoms with Gasteiger partial charge in [0.05, 0.1) is 24.4 Å². The fourth-order valence-electron chi connectivity index (χ4n) is 8.10. The molecule has 10 atom stereocenters. The van der Waals surface area contributed by atoms with Crippen LogP contribution in [0.15, 0.2) is 0 Å². The van der Waals surface area contributed by atoms with E-state index in [-0.39, 0.29) is 23.4 Å². The van der Waals surface area contributed by atoms with Crippen LogP contribution in [0.1, 0.15) is 65.2 Å². The van der Waals surface area contributed by atoms with Gasteiger partial charge in [0.2, 0.25) is 0 Å². The summed E-state index contributed by atoms with van der Waals surface area (Å²) in [5, 5.41) is 52.5. The summed E-state index contributed by atoms with van der Waals surface area (Å²) in [6, 6.07) is 0. The average Bonchev–Trinajstić information content (AvgIpc) is 2.86. The van der Waals surface area contributed by atoms with Crippen molar-refractivity contribution >= 4 is 0 Å². The monoisotopic (exact) mass is 368 g/mol. The van der Waals surface area contributed by atoms with Crippen molar-refractivity contribution in [3.63, 3.8) is 0 Å². The lowest BCUT2D eigenvalue weighted by atomic mass is 9.43. The van der Waals surface area contributed by atoms with Crippen molar-refractivity contribution in [3.05, 3.63) is 0 Å². The van der Waals surface area contributed by atoms with Crippen molar-refractivity contribution in [2.45, 2.75) is 89.1 Å². The maximum atomic E-state index is 11.3. The molecule has 0 saturated heterocycles. The Morgan fingerprint density at radius 1 is 1.04 bits per heavy atom. The van der Waals surface area contributed by atoms with E-state index in [0.29, 0.717) is 24.7 Å². The van der Waals surface area contributed by atoms with Gasteiger partial charge in [-0.2, -0.15) is 0 Å². The summed E-state index contributed by atoms with van der Waals surface area (Å²) in [5.74, 6) is 1.29. The Morgan fingerprint density at radius 2 is 1.77 bits per heavy atom. The molecular weight excluding hydrogens is 332 g/mol. The van der Waals surface area contributed by atoms with E-state index in [1.165, 1.54) is 0 Å². The smallest absolute Gasteiger partial charge is 0.106 e. The zero-order valence-corrected chi connectivity index (χ0v) is 16.1. The molecule has 4 fully saturated rings. The van der Waals surface area contributed by atoms with Gasteiger partial charge in [0.15, 0.2) is 0 Å². The Bertz CT molecular complexity index is 555. The Balaban J connectivity index is 1.68. The van der Waals surface area contributed by atoms with Crippen LogP contribution >= 0.6 is 0 Å². The molecule has 0 radical (unpaired) electrons. The van der Waals surface area contributed by atoms with Crippen LogP contribution in [-0.4, -0.2) is 56.1 Å². The van der Waals surface area contributed by atoms with Crippen LogP contribution in [0.5, 0.6) is 0 Å². The summed E-state index contributed by atoms with van der Waals surface area (Å²) in [6.45, 7) is 3.89. The predicted octanol–water partition coefficient (Wildman–Crippen LogP) is 1.45. The first-order valence-electron chi connectivity index (χ1n) is 10.5. The molecule has 0 heterocycles. The number of hydrogen-bond donors (Lipinski definition) is 5. The number of aliphatic hydroxyl groups excluding tert-OH is 4. The van der Waals surface area contributed by atoms with E-state index in [1.54, 1.807) is 0 Å². The lowest BCUT2D eigenvalue weighted by molar-refractivity contribution is -0.224. The number of aliphatic hydroxyl groups is 5. The highest BCUT2D eigenvalue weighted by atomic mass is 16.4. The summed E-state index contributed by atoms with van der Waals surface area (Å²) >= 11 is 0. The summed E-state index contributed by atoms with van der Waals surface area (Å²) in [5.41, 5.74) is -1.83. The summed E-state index contributed by atoms with van der Waals surface area (Å²) < 4.78 is 0. The molecule has 4 aliphatic rings. The van der Waals surface area contributed by atoms with E-state index in [9.17, 15) is 25.5 Å². The van der Waals surface area contributed by atoms with E-state index in [2.05, 4.69) is 6.92 Å². The lowest BCUT2D eigenvalue weighted by Gasteiger charge is -2.63. The van der Waals surface area contributed by atoms with Crippen LogP contribution in [0.3, 0.4) is 0 Å². The summed E-state index contributed by atoms with van der Waals surface area (Å²) in [4.78, 5) is 0. The highest BCUT2D eigenvalue weighted by molar-refractivity contribution is 5.17. The van der Waals surface area contributed by atoms with Crippen molar-refractivity contribution in [2.24, 2.45) is 34.5 Å². The molecule has 1 unspecified atom stereocenters. The quantitative estimate of drug-likeness (QED) is 0.508. The molecule has 4 saturated carbocycles. The van der Waals surface area contributed by atoms with Crippen molar-refractivity contribution in [1.29, 1.82) is 0 Å². The molecular formula is C21H36O5. The number of hydrogen-bond acceptors (Lipinski definition) is 5. The van der Waals surface area contributed by atoms with E-state index < -0.39 is 29.8 Å².